The van der Waals surface area contributed by atoms with Gasteiger partial charge in [0.15, 0.2) is 12.3 Å². The molecule has 0 saturated carbocycles. The quantitative estimate of drug-likeness (QED) is 0.0388. The van der Waals surface area contributed by atoms with E-state index in [9.17, 15) is 18.0 Å². The number of hydroxylamine groups is 2. The summed E-state index contributed by atoms with van der Waals surface area (Å²) in [5.74, 6) is -0.126. The lowest BCUT2D eigenvalue weighted by Crippen LogP contribution is -2.58. The second kappa shape index (κ2) is 17.6. The first-order valence-electron chi connectivity index (χ1n) is 13.4. The van der Waals surface area contributed by atoms with Crippen molar-refractivity contribution in [3.8, 4) is 5.75 Å². The summed E-state index contributed by atoms with van der Waals surface area (Å²) in [6.45, 7) is 5.81. The van der Waals surface area contributed by atoms with E-state index in [-0.39, 0.29) is 25.3 Å². The molecule has 44 heavy (non-hydrogen) atoms. The van der Waals surface area contributed by atoms with E-state index in [1.807, 2.05) is 18.3 Å². The van der Waals surface area contributed by atoms with Gasteiger partial charge in [-0.2, -0.15) is 13.5 Å². The van der Waals surface area contributed by atoms with Crippen LogP contribution in [-0.4, -0.2) is 92.7 Å². The van der Waals surface area contributed by atoms with Crippen molar-refractivity contribution in [2.45, 2.75) is 44.3 Å². The Bertz CT molecular complexity index is 1330. The van der Waals surface area contributed by atoms with E-state index in [1.54, 1.807) is 30.8 Å². The van der Waals surface area contributed by atoms with Crippen molar-refractivity contribution in [3.63, 3.8) is 0 Å². The monoisotopic (exact) mass is 656 g/mol. The minimum atomic E-state index is -4.99. The molecule has 0 bridgehead atoms. The molecule has 1 aliphatic heterocycles. The molecule has 1 aliphatic rings. The Morgan fingerprint density at radius 3 is 2.57 bits per heavy atom. The second-order valence-corrected chi connectivity index (χ2v) is 11.8. The van der Waals surface area contributed by atoms with Gasteiger partial charge in [0, 0.05) is 37.0 Å². The summed E-state index contributed by atoms with van der Waals surface area (Å²) in [6.07, 6.45) is 4.55. The maximum absolute atomic E-state index is 13.2. The number of benzene rings is 1. The van der Waals surface area contributed by atoms with Gasteiger partial charge < -0.3 is 37.0 Å². The van der Waals surface area contributed by atoms with E-state index < -0.39 is 33.4 Å². The zero-order chi connectivity index (χ0) is 32.8. The van der Waals surface area contributed by atoms with Crippen molar-refractivity contribution < 1.29 is 36.4 Å². The maximum atomic E-state index is 13.2. The Morgan fingerprint density at radius 2 is 2.00 bits per heavy atom. The molecule has 8 N–H and O–H groups in total. The van der Waals surface area contributed by atoms with Crippen LogP contribution in [0.5, 0.6) is 5.75 Å². The van der Waals surface area contributed by atoms with Gasteiger partial charge in [0.25, 0.3) is 5.91 Å². The van der Waals surface area contributed by atoms with Gasteiger partial charge in [-0.05, 0) is 51.4 Å². The first-order valence-corrected chi connectivity index (χ1v) is 15.7. The van der Waals surface area contributed by atoms with Gasteiger partial charge in [-0.1, -0.05) is 29.1 Å². The maximum Gasteiger partial charge on any atom is 0.418 e. The van der Waals surface area contributed by atoms with Gasteiger partial charge >= 0.3 is 10.4 Å². The highest BCUT2D eigenvalue weighted by atomic mass is 32.3. The van der Waals surface area contributed by atoms with Crippen molar-refractivity contribution in [1.29, 1.82) is 0 Å². The molecular formula is C26H40N8O8S2. The van der Waals surface area contributed by atoms with Gasteiger partial charge in [-0.15, -0.1) is 4.28 Å². The zero-order valence-corrected chi connectivity index (χ0v) is 26.6. The molecule has 0 aromatic heterocycles. The molecule has 1 aromatic rings. The molecular weight excluding hydrogens is 616 g/mol. The van der Waals surface area contributed by atoms with Crippen LogP contribution >= 0.6 is 11.8 Å². The SMILES string of the molecule is CN=C/C(=C\NCCCN)c1ccc(OCCO/N=C(\C(=O)N[C@H](C)C(C)(C)N(C=O)OS(=O)(=O)O)C2=CSC(N)N2)cc1. The van der Waals surface area contributed by atoms with Crippen LogP contribution in [-0.2, 0) is 29.1 Å². The van der Waals surface area contributed by atoms with E-state index >= 15 is 0 Å². The van der Waals surface area contributed by atoms with Crippen LogP contribution in [0.1, 0.15) is 32.8 Å². The topological polar surface area (TPSA) is 232 Å². The Labute approximate surface area is 261 Å². The van der Waals surface area contributed by atoms with E-state index in [4.69, 9.17) is 25.6 Å². The number of thioether (sulfide) groups is 1. The lowest BCUT2D eigenvalue weighted by molar-refractivity contribution is -0.166. The van der Waals surface area contributed by atoms with Gasteiger partial charge in [-0.25, -0.2) is 0 Å². The van der Waals surface area contributed by atoms with Gasteiger partial charge in [0.1, 0.15) is 17.9 Å². The minimum absolute atomic E-state index is 0.00805. The first kappa shape index (κ1) is 36.5. The Hall–Kier alpha value is -3.68. The Balaban J connectivity index is 2.03. The summed E-state index contributed by atoms with van der Waals surface area (Å²) in [6, 6.07) is 6.49. The number of hydrogen-bond acceptors (Lipinski definition) is 14. The van der Waals surface area contributed by atoms with Crippen LogP contribution in [0.25, 0.3) is 5.57 Å². The number of hydrogen-bond donors (Lipinski definition) is 6. The summed E-state index contributed by atoms with van der Waals surface area (Å²) in [4.78, 5) is 34.1. The zero-order valence-electron chi connectivity index (χ0n) is 24.9. The molecule has 2 rings (SSSR count). The van der Waals surface area contributed by atoms with Crippen LogP contribution in [0, 0.1) is 0 Å². The standard InChI is InChI=1S/C26H40N8O8S2/c1-18(26(2,3)34(17-35)42-44(37,38)39)31-24(36)23(22-16-43-25(28)32-22)33-41-13-12-40-21-8-6-19(7-9-21)20(14-29-4)15-30-11-5-10-27/h6-9,14-18,25,30,32H,5,10-13,27-28H2,1-4H3,(H,31,36)(H,37,38,39)/b20-15+,29-14?,33-23-/t18-,25?/m1/s1. The van der Waals surface area contributed by atoms with Gasteiger partial charge in [-0.3, -0.25) is 19.1 Å². The highest BCUT2D eigenvalue weighted by Crippen LogP contribution is 2.22. The molecule has 2 amide bonds. The number of carbonyl (C=O) groups is 2. The number of amides is 2. The number of allylic oxidation sites excluding steroid dienone is 1. The summed E-state index contributed by atoms with van der Waals surface area (Å²) in [5, 5.41) is 14.7. The van der Waals surface area contributed by atoms with E-state index in [0.717, 1.165) is 24.1 Å². The normalized spacial score (nSPS) is 16.6. The fourth-order valence-corrected chi connectivity index (χ4v) is 4.54. The van der Waals surface area contributed by atoms with Gasteiger partial charge in [0.2, 0.25) is 6.41 Å². The average molecular weight is 657 g/mol. The number of aliphatic imine (C=N–C) groups is 1. The Kier molecular flexibility index (Phi) is 14.6. The van der Waals surface area contributed by atoms with Crippen molar-refractivity contribution in [1.82, 2.24) is 21.0 Å². The fourth-order valence-electron chi connectivity index (χ4n) is 3.45. The molecule has 0 fully saturated rings. The second-order valence-electron chi connectivity index (χ2n) is 9.74. The molecule has 0 aliphatic carbocycles. The van der Waals surface area contributed by atoms with E-state index in [2.05, 4.69) is 30.4 Å². The molecule has 18 heteroatoms. The highest BCUT2D eigenvalue weighted by Gasteiger charge is 2.38. The fraction of sp³-hybridized carbons (Fsp3) is 0.462. The van der Waals surface area contributed by atoms with E-state index in [0.29, 0.717) is 23.1 Å². The third-order valence-electron chi connectivity index (χ3n) is 6.18. The number of rotatable bonds is 19. The van der Waals surface area contributed by atoms with Crippen molar-refractivity contribution in [2.24, 2.45) is 21.6 Å². The van der Waals surface area contributed by atoms with Crippen LogP contribution in [0.3, 0.4) is 0 Å². The summed E-state index contributed by atoms with van der Waals surface area (Å²) >= 11 is 1.22. The van der Waals surface area contributed by atoms with Crippen LogP contribution in [0.15, 0.2) is 51.7 Å². The predicted octanol–water partition coefficient (Wildman–Crippen LogP) is 0.314. The molecule has 1 unspecified atom stereocenters. The first-order chi connectivity index (χ1) is 20.8. The van der Waals surface area contributed by atoms with Crippen molar-refractivity contribution >= 4 is 52.0 Å². The third-order valence-corrected chi connectivity index (χ3v) is 7.32. The summed E-state index contributed by atoms with van der Waals surface area (Å²) < 4.78 is 41.3. The molecule has 1 heterocycles. The molecule has 1 aromatic carbocycles. The molecule has 0 spiro atoms. The molecule has 0 radical (unpaired) electrons. The molecule has 0 saturated heterocycles. The largest absolute Gasteiger partial charge is 0.490 e. The molecule has 244 valence electrons. The van der Waals surface area contributed by atoms with Crippen molar-refractivity contribution in [3.05, 3.63) is 47.1 Å². The molecule has 16 nitrogen and oxygen atoms in total. The van der Waals surface area contributed by atoms with Crippen LogP contribution in [0.4, 0.5) is 0 Å². The Morgan fingerprint density at radius 1 is 1.30 bits per heavy atom. The van der Waals surface area contributed by atoms with Crippen LogP contribution in [0.2, 0.25) is 0 Å². The lowest BCUT2D eigenvalue weighted by Gasteiger charge is -2.37. The number of ether oxygens (including phenoxy) is 1. The molecule has 2 atom stereocenters. The predicted molar refractivity (Wildman–Crippen MR) is 168 cm³/mol. The van der Waals surface area contributed by atoms with E-state index in [1.165, 1.54) is 32.5 Å². The summed E-state index contributed by atoms with van der Waals surface area (Å²) in [7, 11) is -3.30. The number of oxime groups is 1. The number of carbonyl (C=O) groups excluding carboxylic acids is 2. The van der Waals surface area contributed by atoms with Crippen LogP contribution < -0.4 is 32.2 Å². The smallest absolute Gasteiger partial charge is 0.418 e. The van der Waals surface area contributed by atoms with Gasteiger partial charge in [0.05, 0.1) is 17.3 Å². The number of nitrogens with one attached hydrogen (secondary N) is 3. The highest BCUT2D eigenvalue weighted by molar-refractivity contribution is 8.02. The number of nitrogens with zero attached hydrogens (tertiary/aromatic N) is 3. The third kappa shape index (κ3) is 11.8. The van der Waals surface area contributed by atoms with Crippen molar-refractivity contribution in [2.75, 3.05) is 33.4 Å². The lowest BCUT2D eigenvalue weighted by atomic mass is 9.95. The average Bonchev–Trinajstić information content (AvgIpc) is 3.40. The minimum Gasteiger partial charge on any atom is -0.490 e. The summed E-state index contributed by atoms with van der Waals surface area (Å²) in [5.41, 5.74) is 11.4. The number of nitrogens with two attached hydrogens (primary N) is 2.